The average Bonchev–Trinajstić information content (AvgIpc) is 3.26. The molecule has 9 nitrogen and oxygen atoms in total. The Morgan fingerprint density at radius 2 is 1.03 bits per heavy atom. The molecule has 4 fully saturated rings. The minimum Gasteiger partial charge on any atom is -0.494 e. The van der Waals surface area contributed by atoms with E-state index >= 15 is 0 Å². The van der Waals surface area contributed by atoms with Crippen molar-refractivity contribution >= 4 is 33.5 Å². The molecule has 2 saturated heterocycles. The molecule has 2 aromatic heterocycles. The molecular weight excluding hydrogens is 824 g/mol. The Hall–Kier alpha value is -4.15. The van der Waals surface area contributed by atoms with Gasteiger partial charge in [0.15, 0.2) is 10.9 Å². The van der Waals surface area contributed by atoms with Crippen LogP contribution in [0.5, 0.6) is 11.5 Å². The number of benzene rings is 3. The van der Waals surface area contributed by atoms with Gasteiger partial charge >= 0.3 is 0 Å². The fourth-order valence-corrected chi connectivity index (χ4v) is 9.74. The molecule has 344 valence electrons. The molecule has 0 atom stereocenters. The Kier molecular flexibility index (Phi) is 16.6. The zero-order valence-electron chi connectivity index (χ0n) is 37.8. The molecule has 0 bridgehead atoms. The van der Waals surface area contributed by atoms with E-state index < -0.39 is 5.60 Å². The summed E-state index contributed by atoms with van der Waals surface area (Å²) in [6, 6.07) is 22.2. The summed E-state index contributed by atoms with van der Waals surface area (Å²) in [5.74, 6) is 4.02. The summed E-state index contributed by atoms with van der Waals surface area (Å²) in [6.07, 6.45) is 21.9. The lowest BCUT2D eigenvalue weighted by Crippen LogP contribution is -2.42. The monoisotopic (exact) mass is 892 g/mol. The van der Waals surface area contributed by atoms with Crippen LogP contribution in [-0.2, 0) is 5.60 Å². The Morgan fingerprint density at radius 1 is 0.562 bits per heavy atom. The summed E-state index contributed by atoms with van der Waals surface area (Å²) >= 11 is 5.99. The third kappa shape index (κ3) is 12.6. The zero-order chi connectivity index (χ0) is 44.1. The quantitative estimate of drug-likeness (QED) is 0.0811. The van der Waals surface area contributed by atoms with E-state index in [-0.39, 0.29) is 10.9 Å². The van der Waals surface area contributed by atoms with Gasteiger partial charge in [-0.05, 0) is 157 Å². The van der Waals surface area contributed by atoms with Gasteiger partial charge in [0.1, 0.15) is 34.2 Å². The van der Waals surface area contributed by atoms with Gasteiger partial charge < -0.3 is 33.2 Å². The predicted octanol–water partition coefficient (Wildman–Crippen LogP) is 12.1. The summed E-state index contributed by atoms with van der Waals surface area (Å²) in [5, 5.41) is 13.0. The molecule has 3 aromatic carbocycles. The van der Waals surface area contributed by atoms with Gasteiger partial charge in [0.25, 0.3) is 0 Å². The van der Waals surface area contributed by atoms with E-state index in [4.69, 9.17) is 29.9 Å². The lowest BCUT2D eigenvalue weighted by atomic mass is 9.83. The molecule has 0 amide bonds. The van der Waals surface area contributed by atoms with E-state index in [1.807, 2.05) is 60.7 Å². The van der Waals surface area contributed by atoms with Crippen molar-refractivity contribution in [3.8, 4) is 11.5 Å². The number of halogens is 1. The highest BCUT2D eigenvalue weighted by Crippen LogP contribution is 2.38. The van der Waals surface area contributed by atoms with Gasteiger partial charge in [0.2, 0.25) is 0 Å². The van der Waals surface area contributed by atoms with E-state index in [1.54, 1.807) is 12.1 Å². The van der Waals surface area contributed by atoms with E-state index in [1.165, 1.54) is 71.0 Å². The highest BCUT2D eigenvalue weighted by molar-refractivity contribution is 6.30. The van der Waals surface area contributed by atoms with Gasteiger partial charge in [-0.15, -0.1) is 0 Å². The van der Waals surface area contributed by atoms with Crippen LogP contribution in [0.4, 0.5) is 0 Å². The van der Waals surface area contributed by atoms with Crippen molar-refractivity contribution in [3.63, 3.8) is 0 Å². The minimum absolute atomic E-state index is 0.0212. The second-order valence-corrected chi connectivity index (χ2v) is 19.3. The van der Waals surface area contributed by atoms with Crippen molar-refractivity contribution in [2.75, 3.05) is 52.5 Å². The summed E-state index contributed by atoms with van der Waals surface area (Å²) in [5.41, 5.74) is 1.64. The lowest BCUT2D eigenvalue weighted by molar-refractivity contribution is -0.0261. The second-order valence-electron chi connectivity index (χ2n) is 18.9. The number of aliphatic hydroxyl groups is 1. The number of nitrogens with zero attached hydrogens (tertiary/aromatic N) is 2. The van der Waals surface area contributed by atoms with Gasteiger partial charge in [-0.2, -0.15) is 0 Å². The number of ether oxygens (including phenoxy) is 2. The number of hydrogen-bond acceptors (Lipinski definition) is 9. The Balaban J connectivity index is 0.000000181. The SMILES string of the molecule is O=c1cc(C2CCC2)oc2ccc(OCCCCCCN3CCC(O)(c4ccc(Cl)cc4)CC3)cc12.O=c1cc(C2CCC2)oc2ccc(OCCCCCCN3CCCCC3)cc12. The molecule has 1 N–H and O–H groups in total. The van der Waals surface area contributed by atoms with Gasteiger partial charge in [-0.1, -0.05) is 68.7 Å². The smallest absolute Gasteiger partial charge is 0.193 e. The van der Waals surface area contributed by atoms with E-state index in [2.05, 4.69) is 9.80 Å². The van der Waals surface area contributed by atoms with E-state index in [0.717, 1.165) is 119 Å². The molecule has 4 aliphatic rings. The molecule has 9 rings (SSSR count). The fourth-order valence-electron chi connectivity index (χ4n) is 9.62. The van der Waals surface area contributed by atoms with Crippen LogP contribution in [0.15, 0.2) is 91.2 Å². The van der Waals surface area contributed by atoms with Crippen LogP contribution in [0, 0.1) is 0 Å². The summed E-state index contributed by atoms with van der Waals surface area (Å²) in [4.78, 5) is 30.1. The van der Waals surface area contributed by atoms with Crippen molar-refractivity contribution in [2.24, 2.45) is 0 Å². The Morgan fingerprint density at radius 3 is 1.50 bits per heavy atom. The topological polar surface area (TPSA) is 106 Å². The maximum Gasteiger partial charge on any atom is 0.193 e. The zero-order valence-corrected chi connectivity index (χ0v) is 38.6. The molecule has 5 aromatic rings. The third-order valence-electron chi connectivity index (χ3n) is 14.2. The van der Waals surface area contributed by atoms with Gasteiger partial charge in [0.05, 0.1) is 29.6 Å². The number of fused-ring (bicyclic) bond motifs is 2. The number of piperidine rings is 2. The molecule has 10 heteroatoms. The molecule has 4 heterocycles. The Labute approximate surface area is 384 Å². The molecule has 2 saturated carbocycles. The van der Waals surface area contributed by atoms with Crippen molar-refractivity contribution in [3.05, 3.63) is 115 Å². The lowest BCUT2D eigenvalue weighted by Gasteiger charge is -2.38. The first-order valence-corrected chi connectivity index (χ1v) is 25.0. The summed E-state index contributed by atoms with van der Waals surface area (Å²) in [6.45, 7) is 8.10. The van der Waals surface area contributed by atoms with Crippen molar-refractivity contribution < 1.29 is 23.4 Å². The van der Waals surface area contributed by atoms with Crippen LogP contribution in [0.1, 0.15) is 151 Å². The largest absolute Gasteiger partial charge is 0.494 e. The maximum absolute atomic E-state index is 12.6. The van der Waals surface area contributed by atoms with Crippen LogP contribution in [-0.4, -0.2) is 67.4 Å². The van der Waals surface area contributed by atoms with Crippen molar-refractivity contribution in [1.82, 2.24) is 9.80 Å². The first-order valence-electron chi connectivity index (χ1n) is 24.6. The first kappa shape index (κ1) is 46.4. The highest BCUT2D eigenvalue weighted by Gasteiger charge is 2.33. The maximum atomic E-state index is 12.6. The molecule has 0 unspecified atom stereocenters. The van der Waals surface area contributed by atoms with Crippen LogP contribution < -0.4 is 20.3 Å². The van der Waals surface area contributed by atoms with Crippen LogP contribution >= 0.6 is 11.6 Å². The summed E-state index contributed by atoms with van der Waals surface area (Å²) in [7, 11) is 0. The van der Waals surface area contributed by atoms with E-state index in [0.29, 0.717) is 52.0 Å². The third-order valence-corrected chi connectivity index (χ3v) is 14.5. The minimum atomic E-state index is -0.735. The average molecular weight is 894 g/mol. The molecule has 0 spiro atoms. The fraction of sp³-hybridized carbons (Fsp3) is 0.556. The van der Waals surface area contributed by atoms with E-state index in [9.17, 15) is 14.7 Å². The van der Waals surface area contributed by atoms with Crippen molar-refractivity contribution in [1.29, 1.82) is 0 Å². The number of hydrogen-bond donors (Lipinski definition) is 1. The van der Waals surface area contributed by atoms with Gasteiger partial charge in [0, 0.05) is 42.1 Å². The second kappa shape index (κ2) is 22.8. The van der Waals surface area contributed by atoms with Crippen LogP contribution in [0.3, 0.4) is 0 Å². The number of rotatable bonds is 19. The van der Waals surface area contributed by atoms with Crippen LogP contribution in [0.25, 0.3) is 21.9 Å². The van der Waals surface area contributed by atoms with Gasteiger partial charge in [-0.25, -0.2) is 0 Å². The first-order chi connectivity index (χ1) is 31.3. The Bertz CT molecular complexity index is 2350. The molecular formula is C54H69ClN2O7. The molecule has 2 aliphatic heterocycles. The predicted molar refractivity (Wildman–Crippen MR) is 257 cm³/mol. The highest BCUT2D eigenvalue weighted by atomic mass is 35.5. The number of unbranched alkanes of at least 4 members (excludes halogenated alkanes) is 6. The summed E-state index contributed by atoms with van der Waals surface area (Å²) < 4.78 is 23.7. The number of likely N-dealkylation sites (tertiary alicyclic amines) is 2. The normalized spacial score (nSPS) is 18.3. The van der Waals surface area contributed by atoms with Crippen LogP contribution in [0.2, 0.25) is 5.02 Å². The molecule has 64 heavy (non-hydrogen) atoms. The van der Waals surface area contributed by atoms with Crippen molar-refractivity contribution in [2.45, 2.75) is 139 Å². The van der Waals surface area contributed by atoms with Gasteiger partial charge in [-0.3, -0.25) is 9.59 Å². The standard InChI is InChI=1S/C30H36ClNO4.C24H33NO3/c31-24-10-8-23(9-11-24)30(34)14-17-32(18-15-30)16-3-1-2-4-19-35-25-12-13-28-26(20-25)27(33)21-29(36-28)22-6-5-7-22;26-22-18-24(19-9-8-10-19)28-23-12-11-20(17-21(22)23)27-16-7-2-1-4-13-25-14-5-3-6-15-25/h8-13,20-22,34H,1-7,14-19H2;11-12,17-19H,1-10,13-16H2. The molecule has 2 aliphatic carbocycles. The molecule has 0 radical (unpaired) electrons.